The Labute approximate surface area is 205 Å². The van der Waals surface area contributed by atoms with Gasteiger partial charge in [0.05, 0.1) is 26.6 Å². The Hall–Kier alpha value is -3.34. The number of methoxy groups -OCH3 is 1. The van der Waals surface area contributed by atoms with Gasteiger partial charge in [0, 0.05) is 13.6 Å². The maximum atomic E-state index is 13.2. The van der Waals surface area contributed by atoms with Gasteiger partial charge in [-0.05, 0) is 24.1 Å². The van der Waals surface area contributed by atoms with Crippen molar-refractivity contribution in [3.63, 3.8) is 0 Å². The summed E-state index contributed by atoms with van der Waals surface area (Å²) in [7, 11) is 3.16. The summed E-state index contributed by atoms with van der Waals surface area (Å²) in [6.07, 6.45) is 1.71. The molecule has 11 nitrogen and oxygen atoms in total. The molecule has 192 valence electrons. The van der Waals surface area contributed by atoms with Gasteiger partial charge in [-0.3, -0.25) is 14.4 Å². The van der Waals surface area contributed by atoms with Gasteiger partial charge in [-0.15, -0.1) is 0 Å². The number of nitrogens with zero attached hydrogens (tertiary/aromatic N) is 4. The van der Waals surface area contributed by atoms with Gasteiger partial charge in [0.25, 0.3) is 0 Å². The molecule has 2 fully saturated rings. The van der Waals surface area contributed by atoms with Crippen molar-refractivity contribution in [2.24, 2.45) is 0 Å². The van der Waals surface area contributed by atoms with Crippen molar-refractivity contribution in [2.45, 2.75) is 57.8 Å². The van der Waals surface area contributed by atoms with Crippen LogP contribution >= 0.6 is 0 Å². The minimum Gasteiger partial charge on any atom is -0.497 e. The summed E-state index contributed by atoms with van der Waals surface area (Å²) >= 11 is 0. The summed E-state index contributed by atoms with van der Waals surface area (Å²) in [5.41, 5.74) is 0.756. The summed E-state index contributed by atoms with van der Waals surface area (Å²) in [5.74, 6) is -1.30. The van der Waals surface area contributed by atoms with Crippen LogP contribution < -0.4 is 4.74 Å². The average molecular weight is 491 g/mol. The van der Waals surface area contributed by atoms with E-state index in [0.29, 0.717) is 12.3 Å². The van der Waals surface area contributed by atoms with Crippen LogP contribution in [0.4, 0.5) is 4.79 Å². The van der Waals surface area contributed by atoms with Crippen LogP contribution in [0.25, 0.3) is 0 Å². The maximum Gasteiger partial charge on any atom is 0.426 e. The number of likely N-dealkylation sites (N-methyl/N-ethyl adjacent to an activating group) is 1. The van der Waals surface area contributed by atoms with E-state index in [1.165, 1.54) is 14.9 Å². The number of hydrogen-bond acceptors (Lipinski definition) is 7. The van der Waals surface area contributed by atoms with Crippen molar-refractivity contribution >= 4 is 23.9 Å². The average Bonchev–Trinajstić information content (AvgIpc) is 2.82. The van der Waals surface area contributed by atoms with Crippen LogP contribution in [0.2, 0.25) is 0 Å². The van der Waals surface area contributed by atoms with E-state index in [9.17, 15) is 24.3 Å². The normalized spacial score (nSPS) is 20.6. The number of aliphatic carboxylic acids is 1. The molecule has 1 aromatic carbocycles. The fraction of sp³-hybridized carbons (Fsp3) is 0.583. The monoisotopic (exact) mass is 490 g/mol. The first-order chi connectivity index (χ1) is 16.8. The molecule has 2 atom stereocenters. The highest BCUT2D eigenvalue weighted by Gasteiger charge is 2.51. The largest absolute Gasteiger partial charge is 0.497 e. The van der Waals surface area contributed by atoms with E-state index in [-0.39, 0.29) is 19.7 Å². The number of hydrogen-bond donors (Lipinski definition) is 1. The van der Waals surface area contributed by atoms with E-state index < -0.39 is 42.5 Å². The smallest absolute Gasteiger partial charge is 0.426 e. The zero-order valence-corrected chi connectivity index (χ0v) is 20.5. The Morgan fingerprint density at radius 1 is 1.11 bits per heavy atom. The van der Waals surface area contributed by atoms with E-state index in [2.05, 4.69) is 6.92 Å². The Kier molecular flexibility index (Phi) is 8.91. The number of amides is 3. The minimum absolute atomic E-state index is 0.00600. The SMILES string of the molecule is CCCCCCN1C[C@H]2N(C(=O)CN(C)N2C(=O)OCc2ccc(OC)cc2)[C@@H](CC(=O)O)C1=O. The molecule has 2 heterocycles. The number of fused-ring (bicyclic) bond motifs is 1. The predicted octanol–water partition coefficient (Wildman–Crippen LogP) is 1.91. The Morgan fingerprint density at radius 3 is 2.46 bits per heavy atom. The third-order valence-corrected chi connectivity index (χ3v) is 6.30. The van der Waals surface area contributed by atoms with E-state index in [1.807, 2.05) is 0 Å². The molecule has 2 aliphatic heterocycles. The van der Waals surface area contributed by atoms with Crippen LogP contribution in [0.3, 0.4) is 0 Å². The molecule has 3 amide bonds. The number of carbonyl (C=O) groups is 4. The standard InChI is InChI=1S/C24H34N4O7/c1-4-5-6-7-12-26-14-20-27(19(23(26)32)13-22(30)31)21(29)15-25(2)28(20)24(33)35-16-17-8-10-18(34-3)11-9-17/h8-11,19-20H,4-7,12-16H2,1-3H3,(H,30,31)/t19-,20-/m0/s1. The van der Waals surface area contributed by atoms with Gasteiger partial charge in [-0.25, -0.2) is 14.8 Å². The number of unbranched alkanes of at least 4 members (excludes halogenated alkanes) is 3. The molecule has 11 heteroatoms. The molecule has 0 aliphatic carbocycles. The Bertz CT molecular complexity index is 923. The fourth-order valence-electron chi connectivity index (χ4n) is 4.50. The number of piperazine rings is 1. The lowest BCUT2D eigenvalue weighted by Gasteiger charge is -2.53. The third-order valence-electron chi connectivity index (χ3n) is 6.30. The number of rotatable bonds is 10. The lowest BCUT2D eigenvalue weighted by Crippen LogP contribution is -2.75. The van der Waals surface area contributed by atoms with Gasteiger partial charge in [0.1, 0.15) is 24.6 Å². The highest BCUT2D eigenvalue weighted by Crippen LogP contribution is 2.28. The molecule has 0 saturated carbocycles. The van der Waals surface area contributed by atoms with E-state index in [1.54, 1.807) is 43.3 Å². The summed E-state index contributed by atoms with van der Waals surface area (Å²) in [4.78, 5) is 53.6. The molecule has 0 aromatic heterocycles. The molecule has 2 saturated heterocycles. The molecule has 0 unspecified atom stereocenters. The zero-order chi connectivity index (χ0) is 25.5. The molecule has 0 radical (unpaired) electrons. The third kappa shape index (κ3) is 6.21. The maximum absolute atomic E-state index is 13.2. The van der Waals surface area contributed by atoms with Crippen molar-refractivity contribution < 1.29 is 33.8 Å². The van der Waals surface area contributed by atoms with Crippen LogP contribution in [0.15, 0.2) is 24.3 Å². The van der Waals surface area contributed by atoms with Gasteiger partial charge in [0.15, 0.2) is 0 Å². The first-order valence-electron chi connectivity index (χ1n) is 11.9. The second kappa shape index (κ2) is 11.9. The van der Waals surface area contributed by atoms with Crippen molar-refractivity contribution in [2.75, 3.05) is 33.8 Å². The summed E-state index contributed by atoms with van der Waals surface area (Å²) < 4.78 is 10.7. The minimum atomic E-state index is -1.18. The topological polar surface area (TPSA) is 120 Å². The van der Waals surface area contributed by atoms with Crippen LogP contribution in [0.5, 0.6) is 5.75 Å². The molecule has 2 aliphatic rings. The second-order valence-electron chi connectivity index (χ2n) is 8.80. The Balaban J connectivity index is 1.80. The highest BCUT2D eigenvalue weighted by atomic mass is 16.6. The van der Waals surface area contributed by atoms with Gasteiger partial charge in [-0.1, -0.05) is 38.3 Å². The zero-order valence-electron chi connectivity index (χ0n) is 20.5. The number of carbonyl (C=O) groups excluding carboxylic acids is 3. The number of benzene rings is 1. The van der Waals surface area contributed by atoms with E-state index >= 15 is 0 Å². The van der Waals surface area contributed by atoms with Crippen LogP contribution in [0.1, 0.15) is 44.6 Å². The molecule has 1 aromatic rings. The number of carboxylic acids is 1. The first-order valence-corrected chi connectivity index (χ1v) is 11.9. The molecular formula is C24H34N4O7. The molecule has 35 heavy (non-hydrogen) atoms. The van der Waals surface area contributed by atoms with Crippen molar-refractivity contribution in [3.05, 3.63) is 29.8 Å². The van der Waals surface area contributed by atoms with Crippen LogP contribution in [-0.2, 0) is 25.7 Å². The number of ether oxygens (including phenoxy) is 2. The van der Waals surface area contributed by atoms with Crippen molar-refractivity contribution in [1.29, 1.82) is 0 Å². The van der Waals surface area contributed by atoms with E-state index in [4.69, 9.17) is 9.47 Å². The molecule has 3 rings (SSSR count). The fourth-order valence-corrected chi connectivity index (χ4v) is 4.50. The molecule has 1 N–H and O–H groups in total. The first kappa shape index (κ1) is 26.3. The van der Waals surface area contributed by atoms with Gasteiger partial charge in [0.2, 0.25) is 11.8 Å². The van der Waals surface area contributed by atoms with Crippen molar-refractivity contribution in [1.82, 2.24) is 19.8 Å². The van der Waals surface area contributed by atoms with Gasteiger partial charge >= 0.3 is 12.1 Å². The summed E-state index contributed by atoms with van der Waals surface area (Å²) in [6.45, 7) is 2.45. The lowest BCUT2D eigenvalue weighted by atomic mass is 10.0. The predicted molar refractivity (Wildman–Crippen MR) is 125 cm³/mol. The number of hydrazine groups is 1. The van der Waals surface area contributed by atoms with Gasteiger partial charge < -0.3 is 24.4 Å². The van der Waals surface area contributed by atoms with Crippen LogP contribution in [-0.4, -0.2) is 94.8 Å². The van der Waals surface area contributed by atoms with Crippen molar-refractivity contribution in [3.8, 4) is 5.75 Å². The number of carboxylic acid groups (broad SMARTS) is 1. The lowest BCUT2D eigenvalue weighted by molar-refractivity contribution is -0.192. The van der Waals surface area contributed by atoms with E-state index in [0.717, 1.165) is 31.2 Å². The molecular weight excluding hydrogens is 456 g/mol. The molecule has 0 spiro atoms. The second-order valence-corrected chi connectivity index (χ2v) is 8.80. The Morgan fingerprint density at radius 2 is 1.83 bits per heavy atom. The van der Waals surface area contributed by atoms with Gasteiger partial charge in [-0.2, -0.15) is 0 Å². The molecule has 0 bridgehead atoms. The highest BCUT2D eigenvalue weighted by molar-refractivity contribution is 5.93. The van der Waals surface area contributed by atoms with Crippen LogP contribution in [0, 0.1) is 0 Å². The summed E-state index contributed by atoms with van der Waals surface area (Å²) in [6, 6.07) is 5.91. The quantitative estimate of drug-likeness (QED) is 0.494. The summed E-state index contributed by atoms with van der Waals surface area (Å²) in [5, 5.41) is 12.2.